The quantitative estimate of drug-likeness (QED) is 0.894. The second-order valence-corrected chi connectivity index (χ2v) is 6.13. The zero-order valence-electron chi connectivity index (χ0n) is 12.5. The molecular formula is C17H25NO3. The zero-order chi connectivity index (χ0) is 14.7. The van der Waals surface area contributed by atoms with E-state index < -0.39 is 0 Å². The molecule has 4 nitrogen and oxygen atoms in total. The Kier molecular flexibility index (Phi) is 4.66. The van der Waals surface area contributed by atoms with Gasteiger partial charge in [-0.15, -0.1) is 0 Å². The molecule has 0 amide bonds. The monoisotopic (exact) mass is 291 g/mol. The fourth-order valence-electron chi connectivity index (χ4n) is 3.57. The van der Waals surface area contributed by atoms with Gasteiger partial charge in [-0.2, -0.15) is 0 Å². The lowest BCUT2D eigenvalue weighted by molar-refractivity contribution is 0.0622. The number of fused-ring (bicyclic) bond motifs is 1. The summed E-state index contributed by atoms with van der Waals surface area (Å²) >= 11 is 0. The maximum absolute atomic E-state index is 10.7. The van der Waals surface area contributed by atoms with E-state index in [1.165, 1.54) is 19.3 Å². The molecule has 1 aliphatic carbocycles. The van der Waals surface area contributed by atoms with E-state index >= 15 is 0 Å². The summed E-state index contributed by atoms with van der Waals surface area (Å²) in [6, 6.07) is 5.93. The molecule has 3 N–H and O–H groups in total. The van der Waals surface area contributed by atoms with E-state index in [-0.39, 0.29) is 12.0 Å². The first-order valence-corrected chi connectivity index (χ1v) is 8.07. The minimum Gasteiger partial charge on any atom is -0.486 e. The standard InChI is InChI=1S/C17H25NO3/c18-11-14(17(19)12-4-2-1-3-5-12)13-6-7-15-16(10-13)21-9-8-20-15/h6-7,10,12,14,17,19H,1-5,8-9,11,18H2. The van der Waals surface area contributed by atoms with Crippen LogP contribution in [-0.4, -0.2) is 31.0 Å². The van der Waals surface area contributed by atoms with Gasteiger partial charge in [0.15, 0.2) is 11.5 Å². The molecule has 0 radical (unpaired) electrons. The van der Waals surface area contributed by atoms with Gasteiger partial charge in [-0.05, 0) is 36.5 Å². The Morgan fingerprint density at radius 2 is 1.81 bits per heavy atom. The van der Waals surface area contributed by atoms with Crippen molar-refractivity contribution in [1.82, 2.24) is 0 Å². The first-order valence-electron chi connectivity index (χ1n) is 8.07. The zero-order valence-corrected chi connectivity index (χ0v) is 12.5. The summed E-state index contributed by atoms with van der Waals surface area (Å²) in [7, 11) is 0. The molecule has 1 aliphatic heterocycles. The Morgan fingerprint density at radius 3 is 2.52 bits per heavy atom. The fourth-order valence-corrected chi connectivity index (χ4v) is 3.57. The lowest BCUT2D eigenvalue weighted by Gasteiger charge is -2.32. The highest BCUT2D eigenvalue weighted by molar-refractivity contribution is 5.45. The van der Waals surface area contributed by atoms with E-state index in [2.05, 4.69) is 0 Å². The van der Waals surface area contributed by atoms with Crippen LogP contribution in [0.5, 0.6) is 11.5 Å². The average molecular weight is 291 g/mol. The van der Waals surface area contributed by atoms with Gasteiger partial charge >= 0.3 is 0 Å². The topological polar surface area (TPSA) is 64.7 Å². The van der Waals surface area contributed by atoms with E-state index in [0.29, 0.717) is 25.7 Å². The summed E-state index contributed by atoms with van der Waals surface area (Å²) in [5.41, 5.74) is 7.01. The number of benzene rings is 1. The normalized spacial score (nSPS) is 21.8. The van der Waals surface area contributed by atoms with Crippen LogP contribution in [-0.2, 0) is 0 Å². The van der Waals surface area contributed by atoms with E-state index in [4.69, 9.17) is 15.2 Å². The third kappa shape index (κ3) is 3.16. The Balaban J connectivity index is 1.78. The second-order valence-electron chi connectivity index (χ2n) is 6.13. The molecule has 1 aromatic carbocycles. The van der Waals surface area contributed by atoms with E-state index in [0.717, 1.165) is 29.9 Å². The fraction of sp³-hybridized carbons (Fsp3) is 0.647. The average Bonchev–Trinajstić information content (AvgIpc) is 2.56. The van der Waals surface area contributed by atoms with Gasteiger partial charge in [0.25, 0.3) is 0 Å². The molecule has 116 valence electrons. The van der Waals surface area contributed by atoms with Gasteiger partial charge in [0.1, 0.15) is 13.2 Å². The molecule has 1 saturated carbocycles. The van der Waals surface area contributed by atoms with Crippen molar-refractivity contribution in [2.45, 2.75) is 44.1 Å². The molecule has 2 aliphatic rings. The molecule has 1 aromatic rings. The van der Waals surface area contributed by atoms with Crippen molar-refractivity contribution >= 4 is 0 Å². The van der Waals surface area contributed by atoms with E-state index in [9.17, 15) is 5.11 Å². The molecule has 0 spiro atoms. The number of aliphatic hydroxyl groups excluding tert-OH is 1. The highest BCUT2D eigenvalue weighted by atomic mass is 16.6. The first-order chi connectivity index (χ1) is 10.3. The molecule has 3 rings (SSSR count). The third-order valence-corrected chi connectivity index (χ3v) is 4.79. The first kappa shape index (κ1) is 14.7. The second kappa shape index (κ2) is 6.67. The summed E-state index contributed by atoms with van der Waals surface area (Å²) in [4.78, 5) is 0. The maximum Gasteiger partial charge on any atom is 0.161 e. The van der Waals surface area contributed by atoms with Crippen LogP contribution >= 0.6 is 0 Å². The predicted octanol–water partition coefficient (Wildman–Crippen LogP) is 2.44. The largest absolute Gasteiger partial charge is 0.486 e. The Hall–Kier alpha value is -1.26. The van der Waals surface area contributed by atoms with Crippen molar-refractivity contribution in [3.05, 3.63) is 23.8 Å². The van der Waals surface area contributed by atoms with Gasteiger partial charge in [0.05, 0.1) is 6.10 Å². The van der Waals surface area contributed by atoms with Crippen molar-refractivity contribution < 1.29 is 14.6 Å². The molecule has 0 bridgehead atoms. The van der Waals surface area contributed by atoms with Crippen LogP contribution in [0.2, 0.25) is 0 Å². The van der Waals surface area contributed by atoms with Gasteiger partial charge < -0.3 is 20.3 Å². The minimum atomic E-state index is -0.363. The molecule has 4 heteroatoms. The maximum atomic E-state index is 10.7. The lowest BCUT2D eigenvalue weighted by atomic mass is 9.78. The van der Waals surface area contributed by atoms with Gasteiger partial charge in [0, 0.05) is 12.5 Å². The summed E-state index contributed by atoms with van der Waals surface area (Å²) in [6.45, 7) is 1.63. The van der Waals surface area contributed by atoms with Crippen LogP contribution in [0.25, 0.3) is 0 Å². The summed E-state index contributed by atoms with van der Waals surface area (Å²) < 4.78 is 11.2. The lowest BCUT2D eigenvalue weighted by Crippen LogP contribution is -2.33. The molecule has 2 unspecified atom stereocenters. The molecule has 1 fully saturated rings. The number of hydrogen-bond acceptors (Lipinski definition) is 4. The summed E-state index contributed by atoms with van der Waals surface area (Å²) in [5, 5.41) is 10.7. The van der Waals surface area contributed by atoms with Crippen LogP contribution in [0.15, 0.2) is 18.2 Å². The minimum absolute atomic E-state index is 0.0241. The Bertz CT molecular complexity index is 471. The molecule has 0 saturated heterocycles. The van der Waals surface area contributed by atoms with E-state index in [1.807, 2.05) is 18.2 Å². The van der Waals surface area contributed by atoms with Crippen LogP contribution in [0.4, 0.5) is 0 Å². The van der Waals surface area contributed by atoms with Crippen molar-refractivity contribution in [2.24, 2.45) is 11.7 Å². The van der Waals surface area contributed by atoms with Crippen molar-refractivity contribution in [3.8, 4) is 11.5 Å². The molecule has 1 heterocycles. The summed E-state index contributed by atoms with van der Waals surface area (Å²) in [5.74, 6) is 1.91. The molecule has 0 aromatic heterocycles. The molecule has 21 heavy (non-hydrogen) atoms. The van der Waals surface area contributed by atoms with E-state index in [1.54, 1.807) is 0 Å². The summed E-state index contributed by atoms with van der Waals surface area (Å²) in [6.07, 6.45) is 5.60. The van der Waals surface area contributed by atoms with Gasteiger partial charge in [-0.1, -0.05) is 25.3 Å². The van der Waals surface area contributed by atoms with Crippen molar-refractivity contribution in [3.63, 3.8) is 0 Å². The third-order valence-electron chi connectivity index (χ3n) is 4.79. The molecular weight excluding hydrogens is 266 g/mol. The molecule has 2 atom stereocenters. The Labute approximate surface area is 126 Å². The van der Waals surface area contributed by atoms with Crippen LogP contribution in [0, 0.1) is 5.92 Å². The van der Waals surface area contributed by atoms with Crippen LogP contribution < -0.4 is 15.2 Å². The number of nitrogens with two attached hydrogens (primary N) is 1. The number of ether oxygens (including phenoxy) is 2. The highest BCUT2D eigenvalue weighted by Gasteiger charge is 2.30. The van der Waals surface area contributed by atoms with Crippen LogP contribution in [0.3, 0.4) is 0 Å². The smallest absolute Gasteiger partial charge is 0.161 e. The van der Waals surface area contributed by atoms with Crippen molar-refractivity contribution in [1.29, 1.82) is 0 Å². The highest BCUT2D eigenvalue weighted by Crippen LogP contribution is 2.37. The van der Waals surface area contributed by atoms with Crippen LogP contribution in [0.1, 0.15) is 43.6 Å². The number of aliphatic hydroxyl groups is 1. The SMILES string of the molecule is NCC(c1ccc2c(c1)OCCO2)C(O)C1CCCCC1. The van der Waals surface area contributed by atoms with Crippen molar-refractivity contribution in [2.75, 3.05) is 19.8 Å². The van der Waals surface area contributed by atoms with Gasteiger partial charge in [0.2, 0.25) is 0 Å². The Morgan fingerprint density at radius 1 is 1.10 bits per heavy atom. The number of hydrogen-bond donors (Lipinski definition) is 2. The predicted molar refractivity (Wildman–Crippen MR) is 81.8 cm³/mol. The van der Waals surface area contributed by atoms with Gasteiger partial charge in [-0.25, -0.2) is 0 Å². The number of rotatable bonds is 4. The van der Waals surface area contributed by atoms with Gasteiger partial charge in [-0.3, -0.25) is 0 Å².